The van der Waals surface area contributed by atoms with E-state index >= 15 is 0 Å². The first kappa shape index (κ1) is 13.4. The van der Waals surface area contributed by atoms with Crippen molar-refractivity contribution in [1.82, 2.24) is 4.98 Å². The fourth-order valence-corrected chi connectivity index (χ4v) is 2.34. The van der Waals surface area contributed by atoms with Crippen LogP contribution in [0.3, 0.4) is 0 Å². The predicted molar refractivity (Wildman–Crippen MR) is 69.7 cm³/mol. The molecular formula is C10H15BrN2O2S. The molecule has 0 spiro atoms. The molecule has 0 aromatic carbocycles. The molecule has 0 bridgehead atoms. The highest BCUT2D eigenvalue weighted by Crippen LogP contribution is 2.25. The lowest BCUT2D eigenvalue weighted by Crippen LogP contribution is -2.26. The molecule has 0 unspecified atom stereocenters. The molecule has 0 N–H and O–H groups in total. The molecule has 6 heteroatoms. The molecule has 0 atom stereocenters. The highest BCUT2D eigenvalue weighted by Gasteiger charge is 2.11. The van der Waals surface area contributed by atoms with Crippen LogP contribution >= 0.6 is 15.9 Å². The van der Waals surface area contributed by atoms with Crippen molar-refractivity contribution < 1.29 is 8.42 Å². The first-order valence-electron chi connectivity index (χ1n) is 4.81. The van der Waals surface area contributed by atoms with Crippen LogP contribution in [0, 0.1) is 6.92 Å². The van der Waals surface area contributed by atoms with Crippen molar-refractivity contribution in [3.8, 4) is 0 Å². The van der Waals surface area contributed by atoms with Crippen molar-refractivity contribution in [3.63, 3.8) is 0 Å². The Hall–Kier alpha value is -0.620. The van der Waals surface area contributed by atoms with E-state index in [0.29, 0.717) is 6.54 Å². The first-order chi connectivity index (χ1) is 7.31. The average molecular weight is 307 g/mol. The van der Waals surface area contributed by atoms with Gasteiger partial charge >= 0.3 is 0 Å². The van der Waals surface area contributed by atoms with Crippen molar-refractivity contribution in [2.75, 3.05) is 30.5 Å². The van der Waals surface area contributed by atoms with Gasteiger partial charge in [-0.1, -0.05) is 0 Å². The number of hydrogen-bond donors (Lipinski definition) is 0. The standard InChI is InChI=1S/C10H15BrN2O2S/c1-8-4-5-12-10(9(8)11)13(2)6-7-16(3,14)15/h4-5H,6-7H2,1-3H3. The number of pyridine rings is 1. The molecule has 0 aliphatic carbocycles. The Morgan fingerprint density at radius 2 is 2.12 bits per heavy atom. The van der Waals surface area contributed by atoms with Gasteiger partial charge < -0.3 is 4.90 Å². The highest BCUT2D eigenvalue weighted by atomic mass is 79.9. The van der Waals surface area contributed by atoms with Crippen molar-refractivity contribution in [3.05, 3.63) is 22.3 Å². The van der Waals surface area contributed by atoms with Gasteiger partial charge in [0.2, 0.25) is 0 Å². The summed E-state index contributed by atoms with van der Waals surface area (Å²) in [5.41, 5.74) is 1.08. The Kier molecular flexibility index (Phi) is 4.32. The number of sulfone groups is 1. The molecule has 4 nitrogen and oxygen atoms in total. The average Bonchev–Trinajstić information content (AvgIpc) is 2.17. The van der Waals surface area contributed by atoms with Crippen LogP contribution in [-0.2, 0) is 9.84 Å². The molecule has 1 rings (SSSR count). The molecule has 16 heavy (non-hydrogen) atoms. The van der Waals surface area contributed by atoms with E-state index in [1.165, 1.54) is 6.26 Å². The summed E-state index contributed by atoms with van der Waals surface area (Å²) in [6.07, 6.45) is 2.95. The molecule has 0 fully saturated rings. The van der Waals surface area contributed by atoms with Gasteiger partial charge in [-0.3, -0.25) is 0 Å². The summed E-state index contributed by atoms with van der Waals surface area (Å²) in [5, 5.41) is 0. The van der Waals surface area contributed by atoms with Crippen molar-refractivity contribution in [2.24, 2.45) is 0 Å². The summed E-state index contributed by atoms with van der Waals surface area (Å²) in [6.45, 7) is 2.41. The molecule has 0 saturated carbocycles. The monoisotopic (exact) mass is 306 g/mol. The Labute approximate surface area is 105 Å². The van der Waals surface area contributed by atoms with Crippen LogP contribution in [-0.4, -0.2) is 39.0 Å². The maximum Gasteiger partial charge on any atom is 0.149 e. The van der Waals surface area contributed by atoms with E-state index in [4.69, 9.17) is 0 Å². The topological polar surface area (TPSA) is 50.3 Å². The summed E-state index contributed by atoms with van der Waals surface area (Å²) in [7, 11) is -1.10. The van der Waals surface area contributed by atoms with E-state index in [9.17, 15) is 8.42 Å². The van der Waals surface area contributed by atoms with Crippen molar-refractivity contribution in [2.45, 2.75) is 6.92 Å². The smallest absolute Gasteiger partial charge is 0.149 e. The van der Waals surface area contributed by atoms with Gasteiger partial charge in [-0.25, -0.2) is 13.4 Å². The molecule has 0 amide bonds. The zero-order valence-corrected chi connectivity index (χ0v) is 12.0. The molecule has 1 aromatic rings. The maximum atomic E-state index is 11.1. The molecule has 0 aliphatic heterocycles. The van der Waals surface area contributed by atoms with Crippen LogP contribution in [0.5, 0.6) is 0 Å². The minimum atomic E-state index is -2.93. The van der Waals surface area contributed by atoms with E-state index in [1.54, 1.807) is 6.20 Å². The summed E-state index contributed by atoms with van der Waals surface area (Å²) < 4.78 is 23.0. The fraction of sp³-hybridized carbons (Fsp3) is 0.500. The van der Waals surface area contributed by atoms with E-state index in [0.717, 1.165) is 15.9 Å². The van der Waals surface area contributed by atoms with Gasteiger partial charge in [0.1, 0.15) is 15.7 Å². The van der Waals surface area contributed by atoms with Crippen LogP contribution in [0.4, 0.5) is 5.82 Å². The molecular weight excluding hydrogens is 292 g/mol. The predicted octanol–water partition coefficient (Wildman–Crippen LogP) is 1.63. The second-order valence-electron chi connectivity index (χ2n) is 3.82. The van der Waals surface area contributed by atoms with Crippen LogP contribution < -0.4 is 4.90 Å². The van der Waals surface area contributed by atoms with Crippen LogP contribution in [0.2, 0.25) is 0 Å². The van der Waals surface area contributed by atoms with Gasteiger partial charge in [0.05, 0.1) is 10.2 Å². The SMILES string of the molecule is Cc1ccnc(N(C)CCS(C)(=O)=O)c1Br. The van der Waals surface area contributed by atoms with Crippen molar-refractivity contribution in [1.29, 1.82) is 0 Å². The normalized spacial score (nSPS) is 11.5. The lowest BCUT2D eigenvalue weighted by atomic mass is 10.3. The molecule has 1 heterocycles. The summed E-state index contributed by atoms with van der Waals surface area (Å²) in [4.78, 5) is 6.06. The van der Waals surface area contributed by atoms with E-state index in [1.807, 2.05) is 24.9 Å². The number of rotatable bonds is 4. The summed E-state index contributed by atoms with van der Waals surface area (Å²) in [5.74, 6) is 0.898. The van der Waals surface area contributed by atoms with E-state index in [-0.39, 0.29) is 5.75 Å². The second-order valence-corrected chi connectivity index (χ2v) is 6.87. The number of hydrogen-bond acceptors (Lipinski definition) is 4. The largest absolute Gasteiger partial charge is 0.358 e. The number of anilines is 1. The zero-order chi connectivity index (χ0) is 12.3. The Morgan fingerprint density at radius 1 is 1.50 bits per heavy atom. The lowest BCUT2D eigenvalue weighted by Gasteiger charge is -2.19. The van der Waals surface area contributed by atoms with Gasteiger partial charge in [-0.05, 0) is 34.5 Å². The van der Waals surface area contributed by atoms with Gasteiger partial charge in [0.25, 0.3) is 0 Å². The molecule has 90 valence electrons. The zero-order valence-electron chi connectivity index (χ0n) is 9.57. The third-order valence-corrected chi connectivity index (χ3v) is 4.13. The third kappa shape index (κ3) is 3.75. The minimum Gasteiger partial charge on any atom is -0.358 e. The highest BCUT2D eigenvalue weighted by molar-refractivity contribution is 9.10. The first-order valence-corrected chi connectivity index (χ1v) is 7.66. The summed E-state index contributed by atoms with van der Waals surface area (Å²) in [6, 6.07) is 1.90. The number of aromatic nitrogens is 1. The van der Waals surface area contributed by atoms with E-state index in [2.05, 4.69) is 20.9 Å². The molecule has 0 aliphatic rings. The Balaban J connectivity index is 2.81. The van der Waals surface area contributed by atoms with Gasteiger partial charge in [0.15, 0.2) is 0 Å². The Bertz CT molecular complexity index is 474. The van der Waals surface area contributed by atoms with E-state index < -0.39 is 9.84 Å². The fourth-order valence-electron chi connectivity index (χ4n) is 1.20. The van der Waals surface area contributed by atoms with Crippen LogP contribution in [0.15, 0.2) is 16.7 Å². The molecule has 0 radical (unpaired) electrons. The summed E-state index contributed by atoms with van der Waals surface area (Å²) >= 11 is 3.45. The maximum absolute atomic E-state index is 11.1. The van der Waals surface area contributed by atoms with Crippen molar-refractivity contribution >= 4 is 31.6 Å². The lowest BCUT2D eigenvalue weighted by molar-refractivity contribution is 0.601. The Morgan fingerprint density at radius 3 is 2.69 bits per heavy atom. The number of halogens is 1. The molecule has 1 aromatic heterocycles. The quantitative estimate of drug-likeness (QED) is 0.848. The van der Waals surface area contributed by atoms with Gasteiger partial charge in [0, 0.05) is 26.0 Å². The van der Waals surface area contributed by atoms with Crippen LogP contribution in [0.1, 0.15) is 5.56 Å². The minimum absolute atomic E-state index is 0.131. The number of nitrogens with zero attached hydrogens (tertiary/aromatic N) is 2. The number of aryl methyl sites for hydroxylation is 1. The molecule has 0 saturated heterocycles. The van der Waals surface area contributed by atoms with Gasteiger partial charge in [-0.15, -0.1) is 0 Å². The van der Waals surface area contributed by atoms with Gasteiger partial charge in [-0.2, -0.15) is 0 Å². The second kappa shape index (κ2) is 5.14. The third-order valence-electron chi connectivity index (χ3n) is 2.22. The van der Waals surface area contributed by atoms with Crippen LogP contribution in [0.25, 0.3) is 0 Å².